The number of aryl methyl sites for hydroxylation is 1. The van der Waals surface area contributed by atoms with Crippen LogP contribution in [-0.2, 0) is 6.54 Å². The van der Waals surface area contributed by atoms with Gasteiger partial charge in [-0.05, 0) is 30.2 Å². The topological polar surface area (TPSA) is 35.5 Å². The SMILES string of the molecule is Cc1cc(N(CCO)CC(F)F)ccc1CNC(C)C. The maximum Gasteiger partial charge on any atom is 0.255 e. The summed E-state index contributed by atoms with van der Waals surface area (Å²) >= 11 is 0. The normalized spacial score (nSPS) is 11.4. The zero-order valence-corrected chi connectivity index (χ0v) is 12.4. The first-order valence-electron chi connectivity index (χ1n) is 6.91. The molecule has 0 unspecified atom stereocenters. The molecule has 114 valence electrons. The van der Waals surface area contributed by atoms with Gasteiger partial charge in [0.05, 0.1) is 13.2 Å². The van der Waals surface area contributed by atoms with E-state index >= 15 is 0 Å². The van der Waals surface area contributed by atoms with Crippen LogP contribution in [0.25, 0.3) is 0 Å². The van der Waals surface area contributed by atoms with Gasteiger partial charge in [-0.2, -0.15) is 0 Å². The third kappa shape index (κ3) is 5.43. The molecule has 0 fully saturated rings. The Kier molecular flexibility index (Phi) is 6.88. The second kappa shape index (κ2) is 8.17. The van der Waals surface area contributed by atoms with Crippen molar-refractivity contribution >= 4 is 5.69 Å². The van der Waals surface area contributed by atoms with Crippen LogP contribution in [0.5, 0.6) is 0 Å². The summed E-state index contributed by atoms with van der Waals surface area (Å²) in [5.41, 5.74) is 2.95. The van der Waals surface area contributed by atoms with Crippen LogP contribution in [0.1, 0.15) is 25.0 Å². The van der Waals surface area contributed by atoms with Crippen LogP contribution in [0.3, 0.4) is 0 Å². The van der Waals surface area contributed by atoms with E-state index in [1.807, 2.05) is 25.1 Å². The fourth-order valence-corrected chi connectivity index (χ4v) is 2.00. The summed E-state index contributed by atoms with van der Waals surface area (Å²) < 4.78 is 25.1. The Morgan fingerprint density at radius 3 is 2.50 bits per heavy atom. The maximum atomic E-state index is 12.6. The van der Waals surface area contributed by atoms with E-state index in [0.717, 1.165) is 23.4 Å². The summed E-state index contributed by atoms with van der Waals surface area (Å²) in [6.45, 7) is 6.61. The van der Waals surface area contributed by atoms with Gasteiger partial charge in [-0.3, -0.25) is 0 Å². The molecule has 0 radical (unpaired) electrons. The van der Waals surface area contributed by atoms with Gasteiger partial charge in [-0.25, -0.2) is 8.78 Å². The van der Waals surface area contributed by atoms with Crippen LogP contribution in [-0.4, -0.2) is 37.3 Å². The molecule has 0 atom stereocenters. The van der Waals surface area contributed by atoms with Crippen molar-refractivity contribution in [1.82, 2.24) is 5.32 Å². The Balaban J connectivity index is 2.82. The van der Waals surface area contributed by atoms with Crippen molar-refractivity contribution in [2.24, 2.45) is 0 Å². The molecule has 1 rings (SSSR count). The van der Waals surface area contributed by atoms with Gasteiger partial charge in [0.25, 0.3) is 6.43 Å². The molecule has 0 saturated heterocycles. The molecule has 0 aromatic heterocycles. The second-order valence-corrected chi connectivity index (χ2v) is 5.21. The van der Waals surface area contributed by atoms with Gasteiger partial charge in [0.15, 0.2) is 0 Å². The number of alkyl halides is 2. The molecule has 0 aliphatic rings. The number of nitrogens with zero attached hydrogens (tertiary/aromatic N) is 1. The molecule has 0 saturated carbocycles. The lowest BCUT2D eigenvalue weighted by molar-refractivity contribution is 0.153. The van der Waals surface area contributed by atoms with Crippen LogP contribution in [0.2, 0.25) is 0 Å². The molecule has 0 bridgehead atoms. The lowest BCUT2D eigenvalue weighted by atomic mass is 10.1. The first kappa shape index (κ1) is 16.9. The van der Waals surface area contributed by atoms with Gasteiger partial charge in [0.2, 0.25) is 0 Å². The standard InChI is InChI=1S/C15H24F2N2O/c1-11(2)18-9-13-4-5-14(8-12(13)3)19(6-7-20)10-15(16)17/h4-5,8,11,15,18,20H,6-7,9-10H2,1-3H3. The molecule has 20 heavy (non-hydrogen) atoms. The zero-order chi connectivity index (χ0) is 15.1. The molecule has 2 N–H and O–H groups in total. The van der Waals surface area contributed by atoms with E-state index in [9.17, 15) is 8.78 Å². The number of hydrogen-bond acceptors (Lipinski definition) is 3. The van der Waals surface area contributed by atoms with Crippen molar-refractivity contribution in [3.8, 4) is 0 Å². The molecule has 5 heteroatoms. The lowest BCUT2D eigenvalue weighted by Crippen LogP contribution is -2.31. The van der Waals surface area contributed by atoms with Gasteiger partial charge < -0.3 is 15.3 Å². The number of benzene rings is 1. The van der Waals surface area contributed by atoms with Crippen molar-refractivity contribution in [1.29, 1.82) is 0 Å². The molecule has 1 aromatic rings. The summed E-state index contributed by atoms with van der Waals surface area (Å²) in [7, 11) is 0. The first-order valence-corrected chi connectivity index (χ1v) is 6.91. The van der Waals surface area contributed by atoms with Crippen molar-refractivity contribution in [3.63, 3.8) is 0 Å². The van der Waals surface area contributed by atoms with Gasteiger partial charge in [0, 0.05) is 24.8 Å². The maximum absolute atomic E-state index is 12.6. The summed E-state index contributed by atoms with van der Waals surface area (Å²) in [6.07, 6.45) is -2.41. The van der Waals surface area contributed by atoms with E-state index < -0.39 is 6.43 Å². The minimum atomic E-state index is -2.41. The van der Waals surface area contributed by atoms with Crippen LogP contribution >= 0.6 is 0 Å². The predicted molar refractivity (Wildman–Crippen MR) is 78.5 cm³/mol. The van der Waals surface area contributed by atoms with Crippen molar-refractivity contribution in [2.45, 2.75) is 39.8 Å². The minimum absolute atomic E-state index is 0.136. The summed E-state index contributed by atoms with van der Waals surface area (Å²) in [6, 6.07) is 6.09. The van der Waals surface area contributed by atoms with Crippen molar-refractivity contribution < 1.29 is 13.9 Å². The van der Waals surface area contributed by atoms with Gasteiger partial charge in [-0.1, -0.05) is 19.9 Å². The summed E-state index contributed by atoms with van der Waals surface area (Å²) in [5.74, 6) is 0. The van der Waals surface area contributed by atoms with Crippen LogP contribution < -0.4 is 10.2 Å². The minimum Gasteiger partial charge on any atom is -0.395 e. The number of hydrogen-bond donors (Lipinski definition) is 2. The third-order valence-corrected chi connectivity index (χ3v) is 3.12. The predicted octanol–water partition coefficient (Wildman–Crippen LogP) is 2.56. The average Bonchev–Trinajstić information content (AvgIpc) is 2.36. The molecule has 3 nitrogen and oxygen atoms in total. The molecule has 0 spiro atoms. The van der Waals surface area contributed by atoms with Gasteiger partial charge in [0.1, 0.15) is 0 Å². The molecule has 0 aliphatic carbocycles. The second-order valence-electron chi connectivity index (χ2n) is 5.21. The molecule has 0 amide bonds. The quantitative estimate of drug-likeness (QED) is 0.771. The zero-order valence-electron chi connectivity index (χ0n) is 12.4. The molecule has 0 aliphatic heterocycles. The number of aliphatic hydroxyl groups excluding tert-OH is 1. The summed E-state index contributed by atoms with van der Waals surface area (Å²) in [5, 5.41) is 12.3. The van der Waals surface area contributed by atoms with Crippen molar-refractivity contribution in [3.05, 3.63) is 29.3 Å². The molecular formula is C15H24F2N2O. The smallest absolute Gasteiger partial charge is 0.255 e. The Morgan fingerprint density at radius 2 is 2.00 bits per heavy atom. The largest absolute Gasteiger partial charge is 0.395 e. The van der Waals surface area contributed by atoms with E-state index in [-0.39, 0.29) is 19.7 Å². The summed E-state index contributed by atoms with van der Waals surface area (Å²) in [4.78, 5) is 1.51. The van der Waals surface area contributed by atoms with Crippen molar-refractivity contribution in [2.75, 3.05) is 24.6 Å². The Hall–Kier alpha value is -1.20. The monoisotopic (exact) mass is 286 g/mol. The fraction of sp³-hybridized carbons (Fsp3) is 0.600. The number of halogens is 2. The molecular weight excluding hydrogens is 262 g/mol. The molecule has 0 heterocycles. The highest BCUT2D eigenvalue weighted by atomic mass is 19.3. The van der Waals surface area contributed by atoms with Crippen LogP contribution in [0, 0.1) is 6.92 Å². The number of rotatable bonds is 8. The first-order chi connectivity index (χ1) is 9.43. The number of nitrogens with one attached hydrogen (secondary N) is 1. The van der Waals surface area contributed by atoms with Crippen LogP contribution in [0.15, 0.2) is 18.2 Å². The Bertz CT molecular complexity index is 411. The Morgan fingerprint density at radius 1 is 1.30 bits per heavy atom. The highest BCUT2D eigenvalue weighted by Gasteiger charge is 2.13. The third-order valence-electron chi connectivity index (χ3n) is 3.12. The number of anilines is 1. The van der Waals surface area contributed by atoms with E-state index in [4.69, 9.17) is 5.11 Å². The average molecular weight is 286 g/mol. The van der Waals surface area contributed by atoms with Gasteiger partial charge in [-0.15, -0.1) is 0 Å². The van der Waals surface area contributed by atoms with E-state index in [0.29, 0.717) is 6.04 Å². The van der Waals surface area contributed by atoms with E-state index in [1.54, 1.807) is 0 Å². The molecule has 1 aromatic carbocycles. The highest BCUT2D eigenvalue weighted by Crippen LogP contribution is 2.20. The lowest BCUT2D eigenvalue weighted by Gasteiger charge is -2.24. The fourth-order valence-electron chi connectivity index (χ4n) is 2.00. The van der Waals surface area contributed by atoms with E-state index in [1.165, 1.54) is 4.90 Å². The van der Waals surface area contributed by atoms with Crippen LogP contribution in [0.4, 0.5) is 14.5 Å². The number of aliphatic hydroxyl groups is 1. The van der Waals surface area contributed by atoms with Gasteiger partial charge >= 0.3 is 0 Å². The highest BCUT2D eigenvalue weighted by molar-refractivity contribution is 5.51. The van der Waals surface area contributed by atoms with E-state index in [2.05, 4.69) is 19.2 Å². The Labute approximate surface area is 119 Å².